The average molecular weight is 542 g/mol. The van der Waals surface area contributed by atoms with Crippen molar-refractivity contribution in [1.82, 2.24) is 14.5 Å². The van der Waals surface area contributed by atoms with Crippen molar-refractivity contribution < 1.29 is 0 Å². The van der Waals surface area contributed by atoms with Gasteiger partial charge in [0, 0.05) is 43.9 Å². The van der Waals surface area contributed by atoms with Gasteiger partial charge in [-0.25, -0.2) is 4.98 Å². The topological polar surface area (TPSA) is 33.6 Å². The third kappa shape index (κ3) is 3.35. The van der Waals surface area contributed by atoms with Gasteiger partial charge in [-0.1, -0.05) is 91.0 Å². The second-order valence-corrected chi connectivity index (χ2v) is 11.5. The number of aromatic amines is 1. The number of H-pyrrole nitrogens is 1. The first-order chi connectivity index (χ1) is 20.3. The molecule has 0 amide bonds. The molecule has 0 radical (unpaired) electrons. The van der Waals surface area contributed by atoms with E-state index in [0.29, 0.717) is 0 Å². The molecule has 41 heavy (non-hydrogen) atoms. The molecule has 0 fully saturated rings. The minimum absolute atomic E-state index is 1.03. The number of rotatable bonds is 3. The van der Waals surface area contributed by atoms with Crippen LogP contribution in [0.15, 0.2) is 133 Å². The van der Waals surface area contributed by atoms with E-state index in [1.807, 2.05) is 0 Å². The minimum Gasteiger partial charge on any atom is -0.354 e. The van der Waals surface area contributed by atoms with Crippen LogP contribution in [0.5, 0.6) is 0 Å². The molecule has 3 aromatic heterocycles. The van der Waals surface area contributed by atoms with Crippen LogP contribution >= 0.6 is 11.3 Å². The maximum absolute atomic E-state index is 5.06. The number of fused-ring (bicyclic) bond motifs is 8. The molecule has 0 aliphatic carbocycles. The van der Waals surface area contributed by atoms with Gasteiger partial charge in [-0.3, -0.25) is 0 Å². The van der Waals surface area contributed by atoms with Gasteiger partial charge in [-0.2, -0.15) is 0 Å². The normalized spacial score (nSPS) is 11.9. The van der Waals surface area contributed by atoms with Crippen molar-refractivity contribution in [3.05, 3.63) is 133 Å². The highest BCUT2D eigenvalue weighted by molar-refractivity contribution is 7.22. The van der Waals surface area contributed by atoms with Crippen molar-refractivity contribution in [2.45, 2.75) is 0 Å². The highest BCUT2D eigenvalue weighted by Gasteiger charge is 2.19. The summed E-state index contributed by atoms with van der Waals surface area (Å²) in [5.41, 5.74) is 10.5. The van der Waals surface area contributed by atoms with Gasteiger partial charge < -0.3 is 9.55 Å². The number of thiazole rings is 1. The van der Waals surface area contributed by atoms with E-state index in [2.05, 4.69) is 143 Å². The predicted molar refractivity (Wildman–Crippen MR) is 174 cm³/mol. The van der Waals surface area contributed by atoms with Crippen LogP contribution in [0.1, 0.15) is 0 Å². The molecule has 1 N–H and O–H groups in total. The van der Waals surface area contributed by atoms with Crippen LogP contribution in [0.4, 0.5) is 0 Å². The third-order valence-electron chi connectivity index (χ3n) is 8.17. The van der Waals surface area contributed by atoms with Gasteiger partial charge in [0.05, 0.1) is 26.8 Å². The lowest BCUT2D eigenvalue weighted by Gasteiger charge is -2.09. The molecule has 9 aromatic rings. The maximum atomic E-state index is 5.06. The monoisotopic (exact) mass is 541 g/mol. The maximum Gasteiger partial charge on any atom is 0.124 e. The molecule has 3 nitrogen and oxygen atoms in total. The SMILES string of the molecule is c1ccc(-c2nc3ccc4c5cc(-c6cccc7c6[nH]c6ccccc67)ccc5n(-c5ccccc5)c4c3s2)cc1. The van der Waals surface area contributed by atoms with Gasteiger partial charge in [0.25, 0.3) is 0 Å². The first-order valence-corrected chi connectivity index (χ1v) is 14.6. The van der Waals surface area contributed by atoms with Crippen LogP contribution in [0.3, 0.4) is 0 Å². The number of hydrogen-bond donors (Lipinski definition) is 1. The summed E-state index contributed by atoms with van der Waals surface area (Å²) in [5, 5.41) is 6.04. The fourth-order valence-electron chi connectivity index (χ4n) is 6.32. The molecule has 9 rings (SSSR count). The summed E-state index contributed by atoms with van der Waals surface area (Å²) in [6.45, 7) is 0. The standard InChI is InChI=1S/C37H23N3S/c1-3-10-23(11-4-1)37-39-32-20-19-29-30-22-24(26-15-9-16-28-27-14-7-8-17-31(27)38-34(26)28)18-21-33(30)40(35(29)36(32)41-37)25-12-5-2-6-13-25/h1-22,38H. The molecule has 0 aliphatic rings. The van der Waals surface area contributed by atoms with Crippen LogP contribution < -0.4 is 0 Å². The Kier molecular flexibility index (Phi) is 4.77. The van der Waals surface area contributed by atoms with E-state index < -0.39 is 0 Å². The number of para-hydroxylation sites is 3. The lowest BCUT2D eigenvalue weighted by Crippen LogP contribution is -1.93. The van der Waals surface area contributed by atoms with E-state index in [4.69, 9.17) is 4.98 Å². The van der Waals surface area contributed by atoms with Crippen molar-refractivity contribution in [1.29, 1.82) is 0 Å². The second kappa shape index (κ2) is 8.65. The van der Waals surface area contributed by atoms with Gasteiger partial charge in [-0.05, 0) is 48.0 Å². The van der Waals surface area contributed by atoms with Gasteiger partial charge in [0.2, 0.25) is 0 Å². The highest BCUT2D eigenvalue weighted by atomic mass is 32.1. The lowest BCUT2D eigenvalue weighted by atomic mass is 10.00. The molecule has 0 aliphatic heterocycles. The third-order valence-corrected chi connectivity index (χ3v) is 9.30. The number of benzene rings is 6. The Bertz CT molecular complexity index is 2410. The van der Waals surface area contributed by atoms with Crippen LogP contribution in [-0.2, 0) is 0 Å². The van der Waals surface area contributed by atoms with Crippen LogP contribution in [0, 0.1) is 0 Å². The largest absolute Gasteiger partial charge is 0.354 e. The van der Waals surface area contributed by atoms with Gasteiger partial charge >= 0.3 is 0 Å². The van der Waals surface area contributed by atoms with Crippen molar-refractivity contribution >= 4 is 65.2 Å². The number of aromatic nitrogens is 3. The Morgan fingerprint density at radius 1 is 0.585 bits per heavy atom. The van der Waals surface area contributed by atoms with E-state index in [1.165, 1.54) is 59.4 Å². The van der Waals surface area contributed by atoms with Crippen molar-refractivity contribution in [2.24, 2.45) is 0 Å². The second-order valence-electron chi connectivity index (χ2n) is 10.5. The molecule has 0 bridgehead atoms. The molecule has 3 heterocycles. The Morgan fingerprint density at radius 3 is 2.24 bits per heavy atom. The summed E-state index contributed by atoms with van der Waals surface area (Å²) >= 11 is 1.77. The fraction of sp³-hybridized carbons (Fsp3) is 0. The molecular weight excluding hydrogens is 518 g/mol. The first kappa shape index (κ1) is 22.6. The summed E-state index contributed by atoms with van der Waals surface area (Å²) in [5.74, 6) is 0. The van der Waals surface area contributed by atoms with Crippen LogP contribution in [0.25, 0.3) is 81.2 Å². The number of nitrogens with zero attached hydrogens (tertiary/aromatic N) is 2. The number of hydrogen-bond acceptors (Lipinski definition) is 2. The van der Waals surface area contributed by atoms with Crippen molar-refractivity contribution in [2.75, 3.05) is 0 Å². The smallest absolute Gasteiger partial charge is 0.124 e. The van der Waals surface area contributed by atoms with E-state index in [-0.39, 0.29) is 0 Å². The zero-order chi connectivity index (χ0) is 26.9. The average Bonchev–Trinajstić information content (AvgIpc) is 3.73. The highest BCUT2D eigenvalue weighted by Crippen LogP contribution is 2.42. The molecule has 0 atom stereocenters. The fourth-order valence-corrected chi connectivity index (χ4v) is 7.42. The van der Waals surface area contributed by atoms with E-state index in [1.54, 1.807) is 11.3 Å². The summed E-state index contributed by atoms with van der Waals surface area (Å²) < 4.78 is 3.62. The molecule has 6 aromatic carbocycles. The Balaban J connectivity index is 1.35. The van der Waals surface area contributed by atoms with Crippen LogP contribution in [-0.4, -0.2) is 14.5 Å². The van der Waals surface area contributed by atoms with E-state index >= 15 is 0 Å². The lowest BCUT2D eigenvalue weighted by molar-refractivity contribution is 1.19. The van der Waals surface area contributed by atoms with Crippen molar-refractivity contribution in [3.8, 4) is 27.4 Å². The first-order valence-electron chi connectivity index (χ1n) is 13.8. The Labute approximate surface area is 239 Å². The molecule has 4 heteroatoms. The Hall–Kier alpha value is -5.19. The quantitative estimate of drug-likeness (QED) is 0.237. The molecule has 0 saturated heterocycles. The number of nitrogens with one attached hydrogen (secondary N) is 1. The zero-order valence-corrected chi connectivity index (χ0v) is 22.8. The van der Waals surface area contributed by atoms with Gasteiger partial charge in [0.15, 0.2) is 0 Å². The van der Waals surface area contributed by atoms with E-state index in [0.717, 1.165) is 21.8 Å². The van der Waals surface area contributed by atoms with Gasteiger partial charge in [-0.15, -0.1) is 11.3 Å². The summed E-state index contributed by atoms with van der Waals surface area (Å²) in [4.78, 5) is 8.75. The zero-order valence-electron chi connectivity index (χ0n) is 22.0. The van der Waals surface area contributed by atoms with Gasteiger partial charge in [0.1, 0.15) is 5.01 Å². The summed E-state index contributed by atoms with van der Waals surface area (Å²) in [6.07, 6.45) is 0. The molecule has 0 spiro atoms. The molecule has 0 unspecified atom stereocenters. The molecular formula is C37H23N3S. The molecule has 192 valence electrons. The predicted octanol–water partition coefficient (Wildman–Crippen LogP) is 10.4. The Morgan fingerprint density at radius 2 is 1.37 bits per heavy atom. The van der Waals surface area contributed by atoms with E-state index in [9.17, 15) is 0 Å². The van der Waals surface area contributed by atoms with Crippen LogP contribution in [0.2, 0.25) is 0 Å². The summed E-state index contributed by atoms with van der Waals surface area (Å²) in [7, 11) is 0. The summed E-state index contributed by atoms with van der Waals surface area (Å²) in [6, 6.07) is 47.6. The molecule has 0 saturated carbocycles. The van der Waals surface area contributed by atoms with Crippen molar-refractivity contribution in [3.63, 3.8) is 0 Å². The minimum atomic E-state index is 1.03.